The third kappa shape index (κ3) is 2.22. The van der Waals surface area contributed by atoms with Gasteiger partial charge in [-0.3, -0.25) is 0 Å². The second-order valence-electron chi connectivity index (χ2n) is 3.36. The molecular formula is C13H11FO. The van der Waals surface area contributed by atoms with Crippen molar-refractivity contribution in [3.63, 3.8) is 0 Å². The summed E-state index contributed by atoms with van der Waals surface area (Å²) >= 11 is 0. The van der Waals surface area contributed by atoms with Crippen LogP contribution in [0.5, 0.6) is 0 Å². The van der Waals surface area contributed by atoms with Gasteiger partial charge in [-0.15, -0.1) is 0 Å². The van der Waals surface area contributed by atoms with Crippen molar-refractivity contribution in [3.8, 4) is 0 Å². The van der Waals surface area contributed by atoms with Crippen LogP contribution in [0.4, 0.5) is 4.39 Å². The van der Waals surface area contributed by atoms with Gasteiger partial charge in [0.2, 0.25) is 0 Å². The highest BCUT2D eigenvalue weighted by Gasteiger charge is 1.95. The van der Waals surface area contributed by atoms with Crippen LogP contribution in [-0.4, -0.2) is 11.7 Å². The molecule has 2 rings (SSSR count). The van der Waals surface area contributed by atoms with Crippen molar-refractivity contribution >= 4 is 16.8 Å². The van der Waals surface area contributed by atoms with E-state index in [1.807, 2.05) is 42.5 Å². The third-order valence-corrected chi connectivity index (χ3v) is 2.25. The van der Waals surface area contributed by atoms with E-state index in [0.29, 0.717) is 0 Å². The fourth-order valence-electron chi connectivity index (χ4n) is 1.52. The van der Waals surface area contributed by atoms with Gasteiger partial charge in [0, 0.05) is 0 Å². The Balaban J connectivity index is 2.47. The quantitative estimate of drug-likeness (QED) is 0.793. The fraction of sp³-hybridized carbons (Fsp3) is 0.0769. The average Bonchev–Trinajstić information content (AvgIpc) is 2.29. The molecule has 0 atom stereocenters. The Morgan fingerprint density at radius 2 is 1.87 bits per heavy atom. The Labute approximate surface area is 87.5 Å². The molecule has 0 spiro atoms. The third-order valence-electron chi connectivity index (χ3n) is 2.25. The minimum Gasteiger partial charge on any atom is -0.389 e. The van der Waals surface area contributed by atoms with Crippen LogP contribution in [0, 0.1) is 0 Å². The summed E-state index contributed by atoms with van der Waals surface area (Å²) in [4.78, 5) is 0. The zero-order chi connectivity index (χ0) is 10.7. The van der Waals surface area contributed by atoms with E-state index < -0.39 is 12.4 Å². The molecule has 2 aromatic rings. The molecule has 0 saturated heterocycles. The second kappa shape index (κ2) is 4.24. The van der Waals surface area contributed by atoms with Crippen LogP contribution >= 0.6 is 0 Å². The highest BCUT2D eigenvalue weighted by atomic mass is 19.1. The van der Waals surface area contributed by atoms with E-state index in [9.17, 15) is 4.39 Å². The molecule has 0 heterocycles. The summed E-state index contributed by atoms with van der Waals surface area (Å²) in [6.45, 7) is -0.549. The van der Waals surface area contributed by atoms with Crippen molar-refractivity contribution < 1.29 is 9.50 Å². The molecular weight excluding hydrogens is 191 g/mol. The summed E-state index contributed by atoms with van der Waals surface area (Å²) in [6.07, 6.45) is 1.34. The number of halogens is 1. The first-order valence-corrected chi connectivity index (χ1v) is 4.75. The van der Waals surface area contributed by atoms with E-state index in [-0.39, 0.29) is 0 Å². The molecule has 0 aromatic heterocycles. The predicted octanol–water partition coefficient (Wildman–Crippen LogP) is 3.14. The molecule has 1 N–H and O–H groups in total. The first kappa shape index (κ1) is 9.87. The molecule has 76 valence electrons. The van der Waals surface area contributed by atoms with Crippen LogP contribution in [0.2, 0.25) is 0 Å². The molecule has 0 amide bonds. The summed E-state index contributed by atoms with van der Waals surface area (Å²) in [5.41, 5.74) is 0.764. The zero-order valence-corrected chi connectivity index (χ0v) is 8.15. The molecule has 2 aromatic carbocycles. The summed E-state index contributed by atoms with van der Waals surface area (Å²) in [6, 6.07) is 13.5. The Kier molecular flexibility index (Phi) is 2.79. The van der Waals surface area contributed by atoms with Crippen LogP contribution in [0.3, 0.4) is 0 Å². The molecule has 0 fully saturated rings. The minimum absolute atomic E-state index is 0.523. The van der Waals surface area contributed by atoms with Crippen LogP contribution in [0.1, 0.15) is 5.56 Å². The van der Waals surface area contributed by atoms with Crippen molar-refractivity contribution in [2.75, 3.05) is 6.61 Å². The highest BCUT2D eigenvalue weighted by molar-refractivity contribution is 5.84. The molecule has 0 aliphatic heterocycles. The SMILES string of the molecule is OCC(F)=Cc1ccc2ccccc2c1. The maximum absolute atomic E-state index is 12.8. The number of rotatable bonds is 2. The van der Waals surface area contributed by atoms with E-state index in [0.717, 1.165) is 16.3 Å². The van der Waals surface area contributed by atoms with Crippen molar-refractivity contribution in [1.82, 2.24) is 0 Å². The molecule has 0 aliphatic rings. The number of hydrogen-bond donors (Lipinski definition) is 1. The lowest BCUT2D eigenvalue weighted by Gasteiger charge is -1.99. The fourth-order valence-corrected chi connectivity index (χ4v) is 1.52. The summed E-state index contributed by atoms with van der Waals surface area (Å²) in [5.74, 6) is -0.523. The minimum atomic E-state index is -0.549. The lowest BCUT2D eigenvalue weighted by atomic mass is 10.1. The van der Waals surface area contributed by atoms with E-state index in [1.54, 1.807) is 0 Å². The first-order chi connectivity index (χ1) is 7.29. The van der Waals surface area contributed by atoms with Gasteiger partial charge in [-0.2, -0.15) is 0 Å². The van der Waals surface area contributed by atoms with Gasteiger partial charge in [-0.05, 0) is 28.5 Å². The van der Waals surface area contributed by atoms with Crippen LogP contribution < -0.4 is 0 Å². The number of fused-ring (bicyclic) bond motifs is 1. The van der Waals surface area contributed by atoms with E-state index in [1.165, 1.54) is 6.08 Å². The van der Waals surface area contributed by atoms with Gasteiger partial charge in [-0.25, -0.2) is 4.39 Å². The Morgan fingerprint density at radius 1 is 1.13 bits per heavy atom. The molecule has 2 heteroatoms. The van der Waals surface area contributed by atoms with Gasteiger partial charge in [-0.1, -0.05) is 36.4 Å². The smallest absolute Gasteiger partial charge is 0.126 e. The van der Waals surface area contributed by atoms with Crippen molar-refractivity contribution in [1.29, 1.82) is 0 Å². The summed E-state index contributed by atoms with van der Waals surface area (Å²) < 4.78 is 12.8. The van der Waals surface area contributed by atoms with Crippen LogP contribution in [0.25, 0.3) is 16.8 Å². The van der Waals surface area contributed by atoms with Gasteiger partial charge < -0.3 is 5.11 Å². The Bertz CT molecular complexity index is 503. The Hall–Kier alpha value is -1.67. The molecule has 15 heavy (non-hydrogen) atoms. The summed E-state index contributed by atoms with van der Waals surface area (Å²) in [7, 11) is 0. The largest absolute Gasteiger partial charge is 0.389 e. The van der Waals surface area contributed by atoms with Crippen LogP contribution in [0.15, 0.2) is 48.3 Å². The maximum atomic E-state index is 12.8. The van der Waals surface area contributed by atoms with Crippen molar-refractivity contribution in [2.45, 2.75) is 0 Å². The van der Waals surface area contributed by atoms with Gasteiger partial charge in [0.1, 0.15) is 5.83 Å². The summed E-state index contributed by atoms with van der Waals surface area (Å²) in [5, 5.41) is 10.8. The van der Waals surface area contributed by atoms with Gasteiger partial charge >= 0.3 is 0 Å². The van der Waals surface area contributed by atoms with Crippen molar-refractivity contribution in [3.05, 3.63) is 53.9 Å². The lowest BCUT2D eigenvalue weighted by molar-refractivity contribution is 0.300. The van der Waals surface area contributed by atoms with Gasteiger partial charge in [0.25, 0.3) is 0 Å². The molecule has 0 aliphatic carbocycles. The second-order valence-corrected chi connectivity index (χ2v) is 3.36. The number of benzene rings is 2. The molecule has 0 radical (unpaired) electrons. The molecule has 0 bridgehead atoms. The maximum Gasteiger partial charge on any atom is 0.126 e. The first-order valence-electron chi connectivity index (χ1n) is 4.75. The normalized spacial score (nSPS) is 12.0. The number of aliphatic hydroxyl groups is 1. The predicted molar refractivity (Wildman–Crippen MR) is 60.1 cm³/mol. The van der Waals surface area contributed by atoms with E-state index >= 15 is 0 Å². The van der Waals surface area contributed by atoms with Gasteiger partial charge in [0.05, 0.1) is 6.61 Å². The topological polar surface area (TPSA) is 20.2 Å². The van der Waals surface area contributed by atoms with Crippen LogP contribution in [-0.2, 0) is 0 Å². The molecule has 0 saturated carbocycles. The standard InChI is InChI=1S/C13H11FO/c14-13(9-15)8-10-5-6-11-3-1-2-4-12(11)7-10/h1-8,15H,9H2. The van der Waals surface area contributed by atoms with E-state index in [2.05, 4.69) is 0 Å². The molecule has 1 nitrogen and oxygen atoms in total. The van der Waals surface area contributed by atoms with Gasteiger partial charge in [0.15, 0.2) is 0 Å². The number of hydrogen-bond acceptors (Lipinski definition) is 1. The monoisotopic (exact) mass is 202 g/mol. The highest BCUT2D eigenvalue weighted by Crippen LogP contribution is 2.17. The lowest BCUT2D eigenvalue weighted by Crippen LogP contribution is -1.82. The molecule has 0 unspecified atom stereocenters. The number of aliphatic hydroxyl groups excluding tert-OH is 1. The average molecular weight is 202 g/mol. The zero-order valence-electron chi connectivity index (χ0n) is 8.15. The Morgan fingerprint density at radius 3 is 2.60 bits per heavy atom. The van der Waals surface area contributed by atoms with E-state index in [4.69, 9.17) is 5.11 Å². The van der Waals surface area contributed by atoms with Crippen molar-refractivity contribution in [2.24, 2.45) is 0 Å².